The zero-order valence-electron chi connectivity index (χ0n) is 19.3. The van der Waals surface area contributed by atoms with E-state index >= 15 is 0 Å². The van der Waals surface area contributed by atoms with Crippen LogP contribution in [0.2, 0.25) is 0 Å². The molecular weight excluding hydrogens is 410 g/mol. The Bertz CT molecular complexity index is 854. The van der Waals surface area contributed by atoms with E-state index in [1.54, 1.807) is 12.1 Å². The van der Waals surface area contributed by atoms with Crippen LogP contribution in [0.25, 0.3) is 0 Å². The van der Waals surface area contributed by atoms with Crippen molar-refractivity contribution in [1.29, 1.82) is 0 Å². The molecule has 1 fully saturated rings. The lowest BCUT2D eigenvalue weighted by atomic mass is 9.84. The first-order valence-electron chi connectivity index (χ1n) is 11.1. The van der Waals surface area contributed by atoms with Crippen LogP contribution in [0.4, 0.5) is 0 Å². The fourth-order valence-corrected chi connectivity index (χ4v) is 4.28. The molecule has 0 bridgehead atoms. The molecule has 1 aliphatic carbocycles. The number of phenolic OH excluding ortho intramolecular Hbond substituents is 1. The number of carbonyl (C=O) groups excluding carboxylic acids is 1. The molecule has 0 radical (unpaired) electrons. The molecule has 31 heavy (non-hydrogen) atoms. The van der Waals surface area contributed by atoms with Crippen molar-refractivity contribution in [2.24, 2.45) is 5.92 Å². The largest absolute Gasteiger partial charge is 0.508 e. The second-order valence-corrected chi connectivity index (χ2v) is 8.99. The Kier molecular flexibility index (Phi) is 8.96. The number of rotatable bonds is 9. The minimum atomic E-state index is -0.154. The highest BCUT2D eigenvalue weighted by molar-refractivity contribution is 5.85. The zero-order valence-corrected chi connectivity index (χ0v) is 20.1. The van der Waals surface area contributed by atoms with E-state index in [0.29, 0.717) is 17.8 Å². The van der Waals surface area contributed by atoms with Crippen molar-refractivity contribution in [3.8, 4) is 11.5 Å². The van der Waals surface area contributed by atoms with E-state index in [1.807, 2.05) is 25.1 Å². The van der Waals surface area contributed by atoms with Gasteiger partial charge in [-0.1, -0.05) is 30.3 Å². The highest BCUT2D eigenvalue weighted by Crippen LogP contribution is 2.41. The lowest BCUT2D eigenvalue weighted by Crippen LogP contribution is -2.38. The van der Waals surface area contributed by atoms with E-state index in [2.05, 4.69) is 44.7 Å². The van der Waals surface area contributed by atoms with Gasteiger partial charge in [0.05, 0.1) is 5.92 Å². The number of halogens is 1. The minimum absolute atomic E-state index is 0. The van der Waals surface area contributed by atoms with Gasteiger partial charge in [0.25, 0.3) is 0 Å². The maximum Gasteiger partial charge on any atom is 0.314 e. The second-order valence-electron chi connectivity index (χ2n) is 8.99. The molecular formula is C26H36ClNO3. The van der Waals surface area contributed by atoms with Crippen LogP contribution in [0.1, 0.15) is 69.6 Å². The van der Waals surface area contributed by atoms with E-state index in [1.165, 1.54) is 5.56 Å². The Labute approximate surface area is 193 Å². The summed E-state index contributed by atoms with van der Waals surface area (Å²) in [7, 11) is 0. The Morgan fingerprint density at radius 2 is 1.68 bits per heavy atom. The van der Waals surface area contributed by atoms with Crippen molar-refractivity contribution in [2.45, 2.75) is 71.9 Å². The fraction of sp³-hybridized carbons (Fsp3) is 0.500. The summed E-state index contributed by atoms with van der Waals surface area (Å²) in [5, 5.41) is 10.5. The van der Waals surface area contributed by atoms with Crippen LogP contribution in [0.15, 0.2) is 42.5 Å². The summed E-state index contributed by atoms with van der Waals surface area (Å²) in [6.45, 7) is 11.7. The number of nitrogens with zero attached hydrogens (tertiary/aromatic N) is 1. The molecule has 0 amide bonds. The van der Waals surface area contributed by atoms with Crippen molar-refractivity contribution in [1.82, 2.24) is 4.90 Å². The molecule has 170 valence electrons. The number of hydrogen-bond acceptors (Lipinski definition) is 4. The Hall–Kier alpha value is -2.04. The van der Waals surface area contributed by atoms with Crippen molar-refractivity contribution >= 4 is 18.4 Å². The smallest absolute Gasteiger partial charge is 0.314 e. The predicted molar refractivity (Wildman–Crippen MR) is 128 cm³/mol. The molecule has 0 aliphatic heterocycles. The molecule has 0 saturated heterocycles. The van der Waals surface area contributed by atoms with Crippen molar-refractivity contribution < 1.29 is 14.6 Å². The molecule has 1 saturated carbocycles. The van der Waals surface area contributed by atoms with Gasteiger partial charge in [-0.25, -0.2) is 0 Å². The molecule has 1 N–H and O–H groups in total. The van der Waals surface area contributed by atoms with E-state index in [0.717, 1.165) is 36.9 Å². The van der Waals surface area contributed by atoms with E-state index < -0.39 is 0 Å². The Balaban J connectivity index is 0.00000341. The van der Waals surface area contributed by atoms with Gasteiger partial charge in [0.2, 0.25) is 0 Å². The summed E-state index contributed by atoms with van der Waals surface area (Å²) in [5.74, 6) is 0.720. The van der Waals surface area contributed by atoms with Crippen LogP contribution >= 0.6 is 12.4 Å². The van der Waals surface area contributed by atoms with Gasteiger partial charge in [0.1, 0.15) is 11.5 Å². The molecule has 0 spiro atoms. The van der Waals surface area contributed by atoms with Gasteiger partial charge in [0.15, 0.2) is 0 Å². The van der Waals surface area contributed by atoms with E-state index in [-0.39, 0.29) is 36.0 Å². The van der Waals surface area contributed by atoms with Gasteiger partial charge < -0.3 is 9.84 Å². The fourth-order valence-electron chi connectivity index (χ4n) is 4.28. The third-order valence-electron chi connectivity index (χ3n) is 6.12. The van der Waals surface area contributed by atoms with Crippen LogP contribution in [0, 0.1) is 12.8 Å². The molecule has 1 atom stereocenters. The number of esters is 1. The van der Waals surface area contributed by atoms with Crippen LogP contribution in [0.5, 0.6) is 11.5 Å². The SMILES string of the molecule is Cc1c(O)ccc(OC(=O)C2CC2)c1[C@H](CCN(C(C)C)C(C)C)c1ccccc1.Cl. The molecule has 1 aliphatic rings. The van der Waals surface area contributed by atoms with E-state index in [4.69, 9.17) is 4.74 Å². The van der Waals surface area contributed by atoms with Crippen LogP contribution in [-0.4, -0.2) is 34.6 Å². The second kappa shape index (κ2) is 11.0. The molecule has 0 heterocycles. The highest BCUT2D eigenvalue weighted by Gasteiger charge is 2.33. The maximum atomic E-state index is 12.4. The highest BCUT2D eigenvalue weighted by atomic mass is 35.5. The Morgan fingerprint density at radius 1 is 1.06 bits per heavy atom. The van der Waals surface area contributed by atoms with Gasteiger partial charge in [-0.2, -0.15) is 0 Å². The quantitative estimate of drug-likeness (QED) is 0.375. The third-order valence-corrected chi connectivity index (χ3v) is 6.12. The number of aromatic hydroxyl groups is 1. The molecule has 4 nitrogen and oxygen atoms in total. The Morgan fingerprint density at radius 3 is 2.23 bits per heavy atom. The monoisotopic (exact) mass is 445 g/mol. The summed E-state index contributed by atoms with van der Waals surface area (Å²) >= 11 is 0. The number of benzene rings is 2. The maximum absolute atomic E-state index is 12.4. The van der Waals surface area contributed by atoms with Gasteiger partial charge in [-0.05, 0) is 83.7 Å². The molecule has 2 aromatic rings. The average molecular weight is 446 g/mol. The van der Waals surface area contributed by atoms with Crippen LogP contribution < -0.4 is 4.74 Å². The molecule has 0 unspecified atom stereocenters. The van der Waals surface area contributed by atoms with Crippen LogP contribution in [-0.2, 0) is 4.79 Å². The zero-order chi connectivity index (χ0) is 21.8. The number of hydrogen-bond donors (Lipinski definition) is 1. The van der Waals surface area contributed by atoms with Crippen molar-refractivity contribution in [3.05, 3.63) is 59.2 Å². The molecule has 2 aromatic carbocycles. The summed E-state index contributed by atoms with van der Waals surface area (Å²) in [6, 6.07) is 14.6. The standard InChI is InChI=1S/C26H35NO3.ClH/c1-17(2)27(18(3)4)16-15-22(20-9-7-6-8-10-20)25-19(5)23(28)13-14-24(25)30-26(29)21-11-12-21;/h6-10,13-14,17-18,21-22,28H,11-12,15-16H2,1-5H3;1H/t22-;/m1./s1. The average Bonchev–Trinajstić information content (AvgIpc) is 3.55. The number of carbonyl (C=O) groups is 1. The summed E-state index contributed by atoms with van der Waals surface area (Å²) in [6.07, 6.45) is 2.69. The molecule has 3 rings (SSSR count). The third kappa shape index (κ3) is 6.24. The number of phenols is 1. The lowest BCUT2D eigenvalue weighted by molar-refractivity contribution is -0.135. The van der Waals surface area contributed by atoms with Crippen molar-refractivity contribution in [2.75, 3.05) is 6.54 Å². The molecule has 5 heteroatoms. The van der Waals surface area contributed by atoms with Gasteiger partial charge in [-0.15, -0.1) is 12.4 Å². The topological polar surface area (TPSA) is 49.8 Å². The summed E-state index contributed by atoms with van der Waals surface area (Å²) < 4.78 is 5.85. The normalized spacial score (nSPS) is 14.6. The van der Waals surface area contributed by atoms with Crippen LogP contribution in [0.3, 0.4) is 0 Å². The lowest BCUT2D eigenvalue weighted by Gasteiger charge is -2.33. The van der Waals surface area contributed by atoms with Gasteiger partial charge >= 0.3 is 5.97 Å². The summed E-state index contributed by atoms with van der Waals surface area (Å²) in [5.41, 5.74) is 2.87. The van der Waals surface area contributed by atoms with Gasteiger partial charge in [-0.3, -0.25) is 9.69 Å². The van der Waals surface area contributed by atoms with E-state index in [9.17, 15) is 9.90 Å². The first-order chi connectivity index (χ1) is 14.3. The molecule has 0 aromatic heterocycles. The van der Waals surface area contributed by atoms with Crippen molar-refractivity contribution in [3.63, 3.8) is 0 Å². The number of ether oxygens (including phenoxy) is 1. The predicted octanol–water partition coefficient (Wildman–Crippen LogP) is 6.08. The summed E-state index contributed by atoms with van der Waals surface area (Å²) in [4.78, 5) is 14.9. The first-order valence-corrected chi connectivity index (χ1v) is 11.1. The first kappa shape index (κ1) is 25.2. The minimum Gasteiger partial charge on any atom is -0.508 e. The van der Waals surface area contributed by atoms with Gasteiger partial charge in [0, 0.05) is 23.6 Å².